The smallest absolute Gasteiger partial charge is 0.346 e. The SMILES string of the molecule is CCc1sc(C(=O)O)c(-c2ccc(-c3ccccc3F)cc2)c1C#N. The summed E-state index contributed by atoms with van der Waals surface area (Å²) in [4.78, 5) is 12.5. The van der Waals surface area contributed by atoms with Crippen LogP contribution in [0, 0.1) is 17.1 Å². The number of rotatable bonds is 4. The number of carbonyl (C=O) groups is 1. The summed E-state index contributed by atoms with van der Waals surface area (Å²) in [5.74, 6) is -1.36. The molecular weight excluding hydrogens is 337 g/mol. The molecule has 0 bridgehead atoms. The van der Waals surface area contributed by atoms with Crippen molar-refractivity contribution in [3.8, 4) is 28.3 Å². The van der Waals surface area contributed by atoms with E-state index in [0.717, 1.165) is 16.2 Å². The van der Waals surface area contributed by atoms with Gasteiger partial charge in [0.1, 0.15) is 16.8 Å². The summed E-state index contributed by atoms with van der Waals surface area (Å²) in [6.45, 7) is 1.89. The van der Waals surface area contributed by atoms with Gasteiger partial charge in [0, 0.05) is 16.0 Å². The molecule has 0 aliphatic heterocycles. The van der Waals surface area contributed by atoms with Crippen molar-refractivity contribution in [1.29, 1.82) is 5.26 Å². The summed E-state index contributed by atoms with van der Waals surface area (Å²) in [7, 11) is 0. The highest BCUT2D eigenvalue weighted by molar-refractivity contribution is 7.14. The van der Waals surface area contributed by atoms with Crippen LogP contribution in [0.15, 0.2) is 48.5 Å². The van der Waals surface area contributed by atoms with E-state index in [9.17, 15) is 19.6 Å². The molecule has 2 aromatic carbocycles. The Kier molecular flexibility index (Phi) is 4.64. The van der Waals surface area contributed by atoms with E-state index >= 15 is 0 Å². The van der Waals surface area contributed by atoms with Crippen molar-refractivity contribution in [2.45, 2.75) is 13.3 Å². The largest absolute Gasteiger partial charge is 0.477 e. The summed E-state index contributed by atoms with van der Waals surface area (Å²) >= 11 is 1.13. The number of aromatic carboxylic acids is 1. The zero-order chi connectivity index (χ0) is 18.0. The van der Waals surface area contributed by atoms with Crippen LogP contribution in [0.1, 0.15) is 27.0 Å². The van der Waals surface area contributed by atoms with E-state index in [2.05, 4.69) is 6.07 Å². The maximum atomic E-state index is 13.9. The predicted molar refractivity (Wildman–Crippen MR) is 96.2 cm³/mol. The average Bonchev–Trinajstić information content (AvgIpc) is 3.01. The van der Waals surface area contributed by atoms with E-state index in [1.54, 1.807) is 42.5 Å². The van der Waals surface area contributed by atoms with Gasteiger partial charge in [0.2, 0.25) is 0 Å². The van der Waals surface area contributed by atoms with Crippen LogP contribution >= 0.6 is 11.3 Å². The monoisotopic (exact) mass is 351 g/mol. The van der Waals surface area contributed by atoms with E-state index in [0.29, 0.717) is 34.2 Å². The maximum Gasteiger partial charge on any atom is 0.346 e. The van der Waals surface area contributed by atoms with Crippen LogP contribution in [0.3, 0.4) is 0 Å². The molecule has 25 heavy (non-hydrogen) atoms. The molecule has 124 valence electrons. The molecule has 0 atom stereocenters. The first-order valence-electron chi connectivity index (χ1n) is 7.71. The van der Waals surface area contributed by atoms with Crippen LogP contribution in [-0.2, 0) is 6.42 Å². The number of aryl methyl sites for hydroxylation is 1. The number of benzene rings is 2. The number of carboxylic acid groups (broad SMARTS) is 1. The average molecular weight is 351 g/mol. The number of nitrogens with zero attached hydrogens (tertiary/aromatic N) is 1. The van der Waals surface area contributed by atoms with Crippen LogP contribution in [0.5, 0.6) is 0 Å². The highest BCUT2D eigenvalue weighted by atomic mass is 32.1. The molecule has 1 aromatic heterocycles. The van der Waals surface area contributed by atoms with Gasteiger partial charge in [0.25, 0.3) is 0 Å². The third kappa shape index (κ3) is 3.04. The lowest BCUT2D eigenvalue weighted by molar-refractivity contribution is 0.0703. The minimum atomic E-state index is -1.05. The van der Waals surface area contributed by atoms with Crippen molar-refractivity contribution >= 4 is 17.3 Å². The first-order valence-corrected chi connectivity index (χ1v) is 8.52. The Balaban J connectivity index is 2.12. The van der Waals surface area contributed by atoms with E-state index in [1.807, 2.05) is 6.92 Å². The normalized spacial score (nSPS) is 10.4. The van der Waals surface area contributed by atoms with Gasteiger partial charge in [-0.1, -0.05) is 49.4 Å². The van der Waals surface area contributed by atoms with E-state index in [4.69, 9.17) is 0 Å². The number of thiophene rings is 1. The standard InChI is InChI=1S/C20H14FNO2S/c1-2-17-15(11-22)18(19(25-17)20(23)24)13-9-7-12(8-10-13)14-5-3-4-6-16(14)21/h3-10H,2H2,1H3,(H,23,24). The van der Waals surface area contributed by atoms with Gasteiger partial charge in [-0.25, -0.2) is 9.18 Å². The van der Waals surface area contributed by atoms with Gasteiger partial charge in [-0.05, 0) is 23.6 Å². The Morgan fingerprint density at radius 3 is 2.36 bits per heavy atom. The van der Waals surface area contributed by atoms with E-state index in [-0.39, 0.29) is 10.7 Å². The van der Waals surface area contributed by atoms with Crippen LogP contribution in [0.25, 0.3) is 22.3 Å². The topological polar surface area (TPSA) is 61.1 Å². The fraction of sp³-hybridized carbons (Fsp3) is 0.100. The first-order chi connectivity index (χ1) is 12.1. The van der Waals surface area contributed by atoms with Gasteiger partial charge in [-0.15, -0.1) is 11.3 Å². The number of hydrogen-bond acceptors (Lipinski definition) is 3. The molecular formula is C20H14FNO2S. The second-order valence-corrected chi connectivity index (χ2v) is 6.54. The molecule has 0 unspecified atom stereocenters. The van der Waals surface area contributed by atoms with Crippen molar-refractivity contribution in [1.82, 2.24) is 0 Å². The summed E-state index contributed by atoms with van der Waals surface area (Å²) in [5, 5.41) is 18.9. The molecule has 0 saturated carbocycles. The van der Waals surface area contributed by atoms with Gasteiger partial charge in [-0.3, -0.25) is 0 Å². The maximum absolute atomic E-state index is 13.9. The van der Waals surface area contributed by atoms with Gasteiger partial charge in [0.15, 0.2) is 0 Å². The minimum absolute atomic E-state index is 0.159. The van der Waals surface area contributed by atoms with E-state index < -0.39 is 5.97 Å². The Labute approximate surface area is 148 Å². The molecule has 0 aliphatic carbocycles. The summed E-state index contributed by atoms with van der Waals surface area (Å²) in [6.07, 6.45) is 0.598. The van der Waals surface area contributed by atoms with Crippen LogP contribution in [-0.4, -0.2) is 11.1 Å². The fourth-order valence-electron chi connectivity index (χ4n) is 2.78. The molecule has 3 rings (SSSR count). The van der Waals surface area contributed by atoms with E-state index in [1.165, 1.54) is 6.07 Å². The van der Waals surface area contributed by atoms with Crippen molar-refractivity contribution in [3.63, 3.8) is 0 Å². The molecule has 0 aliphatic rings. The Hall–Kier alpha value is -2.97. The molecule has 5 heteroatoms. The lowest BCUT2D eigenvalue weighted by Gasteiger charge is -2.06. The zero-order valence-corrected chi connectivity index (χ0v) is 14.2. The van der Waals surface area contributed by atoms with Crippen LogP contribution < -0.4 is 0 Å². The second kappa shape index (κ2) is 6.88. The number of halogens is 1. The summed E-state index contributed by atoms with van der Waals surface area (Å²) < 4.78 is 13.9. The molecule has 3 nitrogen and oxygen atoms in total. The summed E-state index contributed by atoms with van der Waals surface area (Å²) in [6, 6.07) is 15.5. The van der Waals surface area contributed by atoms with Crippen LogP contribution in [0.4, 0.5) is 4.39 Å². The van der Waals surface area contributed by atoms with Crippen molar-refractivity contribution in [2.24, 2.45) is 0 Å². The lowest BCUT2D eigenvalue weighted by atomic mass is 9.97. The van der Waals surface area contributed by atoms with Gasteiger partial charge < -0.3 is 5.11 Å². The fourth-order valence-corrected chi connectivity index (χ4v) is 3.83. The number of hydrogen-bond donors (Lipinski definition) is 1. The number of nitriles is 1. The first kappa shape index (κ1) is 16.9. The molecule has 0 fully saturated rings. The highest BCUT2D eigenvalue weighted by Crippen LogP contribution is 2.37. The molecule has 0 amide bonds. The number of carboxylic acids is 1. The molecule has 1 heterocycles. The molecule has 3 aromatic rings. The van der Waals surface area contributed by atoms with Gasteiger partial charge in [-0.2, -0.15) is 5.26 Å². The quantitative estimate of drug-likeness (QED) is 0.689. The van der Waals surface area contributed by atoms with Crippen molar-refractivity contribution in [3.05, 3.63) is 69.7 Å². The minimum Gasteiger partial charge on any atom is -0.477 e. The second-order valence-electron chi connectivity index (χ2n) is 5.43. The van der Waals surface area contributed by atoms with Crippen molar-refractivity contribution < 1.29 is 14.3 Å². The molecule has 0 radical (unpaired) electrons. The van der Waals surface area contributed by atoms with Crippen LogP contribution in [0.2, 0.25) is 0 Å². The predicted octanol–water partition coefficient (Wildman–Crippen LogP) is 5.35. The highest BCUT2D eigenvalue weighted by Gasteiger charge is 2.23. The molecule has 0 saturated heterocycles. The molecule has 1 N–H and O–H groups in total. The summed E-state index contributed by atoms with van der Waals surface area (Å²) in [5.41, 5.74) is 2.67. The lowest BCUT2D eigenvalue weighted by Crippen LogP contribution is -1.96. The van der Waals surface area contributed by atoms with Gasteiger partial charge >= 0.3 is 5.97 Å². The Morgan fingerprint density at radius 2 is 1.80 bits per heavy atom. The van der Waals surface area contributed by atoms with Crippen molar-refractivity contribution in [2.75, 3.05) is 0 Å². The van der Waals surface area contributed by atoms with Gasteiger partial charge in [0.05, 0.1) is 5.56 Å². The molecule has 0 spiro atoms. The third-order valence-corrected chi connectivity index (χ3v) is 5.29. The third-order valence-electron chi connectivity index (χ3n) is 3.97. The Morgan fingerprint density at radius 1 is 1.16 bits per heavy atom. The zero-order valence-electron chi connectivity index (χ0n) is 13.4. The Bertz CT molecular complexity index is 984.